The maximum atomic E-state index is 4.95. The molecule has 7 heteroatoms. The van der Waals surface area contributed by atoms with Crippen molar-refractivity contribution in [1.82, 2.24) is 19.9 Å². The van der Waals surface area contributed by atoms with Gasteiger partial charge in [-0.2, -0.15) is 0 Å². The molecule has 0 atom stereocenters. The molecule has 0 saturated heterocycles. The summed E-state index contributed by atoms with van der Waals surface area (Å²) in [5.41, 5.74) is 0. The molecule has 2 N–H and O–H groups in total. The number of rotatable bonds is 0. The van der Waals surface area contributed by atoms with E-state index in [1.807, 2.05) is 0 Å². The first-order chi connectivity index (χ1) is 6.41. The Kier molecular flexibility index (Phi) is 11.3. The van der Waals surface area contributed by atoms with Crippen molar-refractivity contribution in [2.75, 3.05) is 0 Å². The molecule has 68 valence electrons. The van der Waals surface area contributed by atoms with Gasteiger partial charge in [-0.05, 0) is 0 Å². The maximum Gasteiger partial charge on any atom is 0.0919 e. The summed E-state index contributed by atoms with van der Waals surface area (Å²) in [5, 5.41) is 0. The Morgan fingerprint density at radius 2 is 1.31 bits per heavy atom. The summed E-state index contributed by atoms with van der Waals surface area (Å²) in [6.45, 7) is 0. The third kappa shape index (κ3) is 11.6. The van der Waals surface area contributed by atoms with Gasteiger partial charge in [0, 0.05) is 24.8 Å². The number of hydrogen-bond donors (Lipinski definition) is 2. The van der Waals surface area contributed by atoms with Gasteiger partial charge in [0.1, 0.15) is 0 Å². The summed E-state index contributed by atoms with van der Waals surface area (Å²) in [7, 11) is 9.90. The largest absolute Gasteiger partial charge is 0.351 e. The van der Waals surface area contributed by atoms with E-state index in [4.69, 9.17) is 19.4 Å². The molecule has 2 heterocycles. The van der Waals surface area contributed by atoms with Crippen molar-refractivity contribution >= 4 is 19.4 Å². The van der Waals surface area contributed by atoms with Crippen molar-refractivity contribution in [1.29, 1.82) is 0 Å². The molecule has 13 heavy (non-hydrogen) atoms. The second-order valence-corrected chi connectivity index (χ2v) is 6.25. The van der Waals surface area contributed by atoms with Crippen LogP contribution in [-0.4, -0.2) is 19.9 Å². The van der Waals surface area contributed by atoms with Gasteiger partial charge in [0.15, 0.2) is 0 Å². The zero-order valence-electron chi connectivity index (χ0n) is 6.82. The molecule has 2 aromatic heterocycles. The summed E-state index contributed by atoms with van der Waals surface area (Å²) in [6, 6.07) is 0. The molecule has 0 bridgehead atoms. The van der Waals surface area contributed by atoms with E-state index in [-0.39, 0.29) is 0 Å². The van der Waals surface area contributed by atoms with Crippen LogP contribution in [0.3, 0.4) is 0 Å². The SMILES string of the molecule is [Cl][Zn][Cl].c1c[nH]cn1.c1c[nH]cn1. The summed E-state index contributed by atoms with van der Waals surface area (Å²) in [6.07, 6.45) is 10.2. The molecular formula is C6H8Cl2N4Zn. The number of nitrogens with zero attached hydrogens (tertiary/aromatic N) is 2. The average molecular weight is 272 g/mol. The fourth-order valence-electron chi connectivity index (χ4n) is 0.430. The minimum absolute atomic E-state index is 0.931. The van der Waals surface area contributed by atoms with Crippen molar-refractivity contribution in [3.05, 3.63) is 37.4 Å². The Labute approximate surface area is 91.8 Å². The van der Waals surface area contributed by atoms with E-state index < -0.39 is 15.1 Å². The Morgan fingerprint density at radius 1 is 0.923 bits per heavy atom. The van der Waals surface area contributed by atoms with Crippen LogP contribution in [0.2, 0.25) is 0 Å². The fourth-order valence-corrected chi connectivity index (χ4v) is 0.430. The number of hydrogen-bond acceptors (Lipinski definition) is 2. The van der Waals surface area contributed by atoms with Crippen LogP contribution in [0.1, 0.15) is 0 Å². The first kappa shape index (κ1) is 12.6. The minimum atomic E-state index is -0.931. The first-order valence-corrected chi connectivity index (χ1v) is 11.2. The number of imidazole rings is 2. The third-order valence-electron chi connectivity index (χ3n) is 0.812. The van der Waals surface area contributed by atoms with Crippen LogP contribution in [0.25, 0.3) is 0 Å². The van der Waals surface area contributed by atoms with Crippen molar-refractivity contribution in [2.24, 2.45) is 0 Å². The number of aromatic amines is 2. The van der Waals surface area contributed by atoms with Crippen LogP contribution in [0.4, 0.5) is 0 Å². The van der Waals surface area contributed by atoms with E-state index in [0.29, 0.717) is 0 Å². The monoisotopic (exact) mass is 270 g/mol. The Balaban J connectivity index is 0.000000174. The molecule has 0 aliphatic heterocycles. The average Bonchev–Trinajstić information content (AvgIpc) is 2.85. The van der Waals surface area contributed by atoms with Crippen molar-refractivity contribution in [3.63, 3.8) is 0 Å². The van der Waals surface area contributed by atoms with Crippen molar-refractivity contribution in [2.45, 2.75) is 0 Å². The van der Waals surface area contributed by atoms with E-state index >= 15 is 0 Å². The van der Waals surface area contributed by atoms with Crippen LogP contribution in [0, 0.1) is 0 Å². The van der Waals surface area contributed by atoms with Gasteiger partial charge >= 0.3 is 34.5 Å². The van der Waals surface area contributed by atoms with Crippen molar-refractivity contribution < 1.29 is 15.1 Å². The predicted molar refractivity (Wildman–Crippen MR) is 48.9 cm³/mol. The number of aromatic nitrogens is 4. The maximum absolute atomic E-state index is 4.95. The first-order valence-electron chi connectivity index (χ1n) is 3.39. The third-order valence-corrected chi connectivity index (χ3v) is 0.812. The van der Waals surface area contributed by atoms with E-state index in [2.05, 4.69) is 19.9 Å². The molecule has 0 fully saturated rings. The molecule has 0 aromatic carbocycles. The number of H-pyrrole nitrogens is 2. The molecule has 0 unspecified atom stereocenters. The van der Waals surface area contributed by atoms with E-state index in [1.165, 1.54) is 0 Å². The normalized spacial score (nSPS) is 6.92. The van der Waals surface area contributed by atoms with Gasteiger partial charge in [-0.1, -0.05) is 0 Å². The molecule has 0 amide bonds. The van der Waals surface area contributed by atoms with Gasteiger partial charge < -0.3 is 9.97 Å². The Morgan fingerprint density at radius 3 is 1.38 bits per heavy atom. The molecule has 2 rings (SSSR count). The van der Waals surface area contributed by atoms with Crippen LogP contribution in [-0.2, 0) is 15.1 Å². The second kappa shape index (κ2) is 11.6. The van der Waals surface area contributed by atoms with Gasteiger partial charge in [-0.15, -0.1) is 0 Å². The van der Waals surface area contributed by atoms with Gasteiger partial charge in [0.2, 0.25) is 0 Å². The second-order valence-electron chi connectivity index (χ2n) is 1.62. The standard InChI is InChI=1S/2C3H4N2.2ClH.Zn/c2*1-2-5-3-4-1;;;/h2*1-3H,(H,4,5);2*1H;/q;;;;+2/p-2. The quantitative estimate of drug-likeness (QED) is 0.722. The summed E-state index contributed by atoms with van der Waals surface area (Å²) >= 11 is -0.931. The number of halogens is 2. The van der Waals surface area contributed by atoms with Gasteiger partial charge in [0.05, 0.1) is 12.7 Å². The zero-order valence-corrected chi connectivity index (χ0v) is 11.3. The molecule has 0 aliphatic rings. The van der Waals surface area contributed by atoms with Crippen LogP contribution < -0.4 is 0 Å². The van der Waals surface area contributed by atoms with E-state index in [1.54, 1.807) is 37.4 Å². The van der Waals surface area contributed by atoms with Gasteiger partial charge in [-0.3, -0.25) is 0 Å². The fraction of sp³-hybridized carbons (Fsp3) is 0. The predicted octanol–water partition coefficient (Wildman–Crippen LogP) is 2.20. The van der Waals surface area contributed by atoms with Gasteiger partial charge in [-0.25, -0.2) is 9.97 Å². The van der Waals surface area contributed by atoms with E-state index in [9.17, 15) is 0 Å². The minimum Gasteiger partial charge on any atom is -0.351 e. The Hall–Kier alpha value is -0.377. The van der Waals surface area contributed by atoms with Crippen LogP contribution >= 0.6 is 19.4 Å². The molecular weight excluding hydrogens is 264 g/mol. The molecule has 0 radical (unpaired) electrons. The van der Waals surface area contributed by atoms with Gasteiger partial charge in [0.25, 0.3) is 0 Å². The molecule has 0 saturated carbocycles. The smallest absolute Gasteiger partial charge is 0.0919 e. The summed E-state index contributed by atoms with van der Waals surface area (Å²) < 4.78 is 0. The summed E-state index contributed by atoms with van der Waals surface area (Å²) in [5.74, 6) is 0. The summed E-state index contributed by atoms with van der Waals surface area (Å²) in [4.78, 5) is 12.8. The van der Waals surface area contributed by atoms with Crippen molar-refractivity contribution in [3.8, 4) is 0 Å². The Bertz CT molecular complexity index is 174. The molecule has 2 aromatic rings. The zero-order chi connectivity index (χ0) is 9.78. The molecule has 0 aliphatic carbocycles. The molecule has 0 spiro atoms. The van der Waals surface area contributed by atoms with Crippen LogP contribution in [0.15, 0.2) is 37.4 Å². The van der Waals surface area contributed by atoms with E-state index in [0.717, 1.165) is 0 Å². The number of nitrogens with one attached hydrogen (secondary N) is 2. The molecule has 4 nitrogen and oxygen atoms in total. The van der Waals surface area contributed by atoms with Crippen LogP contribution in [0.5, 0.6) is 0 Å². The topological polar surface area (TPSA) is 57.4 Å².